The van der Waals surface area contributed by atoms with E-state index in [1.807, 2.05) is 0 Å². The molecule has 0 aliphatic carbocycles. The molecule has 2 heterocycles. The van der Waals surface area contributed by atoms with E-state index in [4.69, 9.17) is 27.2 Å². The molecule has 1 aliphatic heterocycles. The summed E-state index contributed by atoms with van der Waals surface area (Å²) in [5.74, 6) is 6.13. The standard InChI is InChI=1S/C29H31ClN10O3/c1-33-35-17-40(32)25-11-8-19(30)14-18(25)7-12-26(41)37-22-6-4-3-5-13-34-23-15-20(36-29(42)43-2)9-10-21(23)27-24(16-31)38-28(22)39-27/h7-12,14-15,17,22,34H,1,3-6,13,32H2,2H3,(H,36,42)(H,37,41)(H,38,39)/b12-7+,35-17-/t22-/m0/s1. The largest absolute Gasteiger partial charge is 0.453 e. The van der Waals surface area contributed by atoms with E-state index in [1.165, 1.54) is 24.5 Å². The zero-order valence-corrected chi connectivity index (χ0v) is 24.2. The molecule has 13 nitrogen and oxygen atoms in total. The van der Waals surface area contributed by atoms with Crippen LogP contribution in [0.25, 0.3) is 17.3 Å². The van der Waals surface area contributed by atoms with Crippen molar-refractivity contribution >= 4 is 59.8 Å². The van der Waals surface area contributed by atoms with Crippen molar-refractivity contribution in [1.29, 1.82) is 5.26 Å². The third-order valence-electron chi connectivity index (χ3n) is 6.61. The van der Waals surface area contributed by atoms with Crippen LogP contribution >= 0.6 is 11.6 Å². The Labute approximate surface area is 253 Å². The molecule has 0 saturated carbocycles. The number of nitrogens with zero attached hydrogens (tertiary/aromatic N) is 5. The Balaban J connectivity index is 1.62. The molecule has 3 aromatic rings. The van der Waals surface area contributed by atoms with Crippen LogP contribution < -0.4 is 26.8 Å². The average molecular weight is 603 g/mol. The number of amides is 2. The number of ether oxygens (including phenoxy) is 1. The van der Waals surface area contributed by atoms with Gasteiger partial charge in [0.25, 0.3) is 0 Å². The van der Waals surface area contributed by atoms with Crippen molar-refractivity contribution in [2.45, 2.75) is 31.7 Å². The highest BCUT2D eigenvalue weighted by Gasteiger charge is 2.23. The maximum absolute atomic E-state index is 13.1. The van der Waals surface area contributed by atoms with E-state index < -0.39 is 12.1 Å². The van der Waals surface area contributed by atoms with E-state index in [-0.39, 0.29) is 11.6 Å². The van der Waals surface area contributed by atoms with Crippen molar-refractivity contribution in [1.82, 2.24) is 15.3 Å². The quantitative estimate of drug-likeness (QED) is 0.0825. The molecule has 222 valence electrons. The molecule has 1 atom stereocenters. The van der Waals surface area contributed by atoms with Crippen LogP contribution in [0.5, 0.6) is 0 Å². The van der Waals surface area contributed by atoms with Gasteiger partial charge in [0.15, 0.2) is 0 Å². The molecular weight excluding hydrogens is 572 g/mol. The van der Waals surface area contributed by atoms with Crippen molar-refractivity contribution in [3.63, 3.8) is 0 Å². The Bertz CT molecular complexity index is 1590. The predicted molar refractivity (Wildman–Crippen MR) is 168 cm³/mol. The molecule has 1 aromatic heterocycles. The summed E-state index contributed by atoms with van der Waals surface area (Å²) < 4.78 is 4.70. The van der Waals surface area contributed by atoms with Gasteiger partial charge in [0, 0.05) is 46.9 Å². The minimum atomic E-state index is -0.591. The maximum atomic E-state index is 13.1. The Hall–Kier alpha value is -5.19. The number of nitrogens with one attached hydrogen (secondary N) is 4. The number of methoxy groups -OCH3 is 1. The third-order valence-corrected chi connectivity index (χ3v) is 6.85. The number of imidazole rings is 1. The van der Waals surface area contributed by atoms with Crippen LogP contribution in [-0.2, 0) is 9.53 Å². The number of nitrogens with two attached hydrogens (primary N) is 1. The Morgan fingerprint density at radius 1 is 1.28 bits per heavy atom. The zero-order chi connectivity index (χ0) is 30.8. The first kappa shape index (κ1) is 30.8. The minimum Gasteiger partial charge on any atom is -0.453 e. The number of anilines is 3. The summed E-state index contributed by atoms with van der Waals surface area (Å²) in [4.78, 5) is 32.7. The summed E-state index contributed by atoms with van der Waals surface area (Å²) in [7, 11) is 1.29. The third kappa shape index (κ3) is 7.97. The minimum absolute atomic E-state index is 0.253. The van der Waals surface area contributed by atoms with Crippen molar-refractivity contribution in [3.05, 3.63) is 64.6 Å². The highest BCUT2D eigenvalue weighted by atomic mass is 35.5. The molecule has 6 N–H and O–H groups in total. The van der Waals surface area contributed by atoms with Gasteiger partial charge in [-0.25, -0.2) is 15.6 Å². The van der Waals surface area contributed by atoms with Gasteiger partial charge in [0.05, 0.1) is 18.8 Å². The number of carbonyl (C=O) groups is 2. The van der Waals surface area contributed by atoms with Crippen LogP contribution in [-0.4, -0.2) is 48.7 Å². The molecule has 0 saturated heterocycles. The van der Waals surface area contributed by atoms with Gasteiger partial charge in [-0.1, -0.05) is 24.4 Å². The fourth-order valence-electron chi connectivity index (χ4n) is 4.56. The lowest BCUT2D eigenvalue weighted by Gasteiger charge is -2.18. The first-order chi connectivity index (χ1) is 20.8. The topological polar surface area (TPSA) is 186 Å². The second kappa shape index (κ2) is 14.6. The molecule has 2 amide bonds. The molecule has 0 fully saturated rings. The Morgan fingerprint density at radius 3 is 2.88 bits per heavy atom. The summed E-state index contributed by atoms with van der Waals surface area (Å²) in [6.45, 7) is 3.96. The number of hydrazine groups is 1. The van der Waals surface area contributed by atoms with Gasteiger partial charge >= 0.3 is 6.09 Å². The number of aromatic nitrogens is 2. The van der Waals surface area contributed by atoms with Crippen molar-refractivity contribution in [2.24, 2.45) is 16.0 Å². The lowest BCUT2D eigenvalue weighted by molar-refractivity contribution is -0.117. The fraction of sp³-hybridized carbons (Fsp3) is 0.241. The molecule has 1 aliphatic rings. The number of nitriles is 1. The van der Waals surface area contributed by atoms with Gasteiger partial charge in [0.2, 0.25) is 5.91 Å². The highest BCUT2D eigenvalue weighted by Crippen LogP contribution is 2.34. The SMILES string of the molecule is C=N/N=C\N(N)c1ccc(Cl)cc1/C=C/C(=O)N[C@H]1CCCCCNc2cc(NC(=O)OC)ccc2-c2nc1[nH]c2C#N. The van der Waals surface area contributed by atoms with Gasteiger partial charge in [0.1, 0.15) is 29.6 Å². The van der Waals surface area contributed by atoms with E-state index in [2.05, 4.69) is 43.9 Å². The van der Waals surface area contributed by atoms with Crippen LogP contribution in [0.1, 0.15) is 48.8 Å². The van der Waals surface area contributed by atoms with E-state index in [0.29, 0.717) is 57.7 Å². The monoisotopic (exact) mass is 602 g/mol. The van der Waals surface area contributed by atoms with Gasteiger partial charge < -0.3 is 20.4 Å². The second-order valence-corrected chi connectivity index (χ2v) is 9.92. The van der Waals surface area contributed by atoms with E-state index >= 15 is 0 Å². The first-order valence-corrected chi connectivity index (χ1v) is 13.7. The number of rotatable bonds is 7. The Morgan fingerprint density at radius 2 is 2.12 bits per heavy atom. The van der Waals surface area contributed by atoms with Crippen LogP contribution in [0, 0.1) is 11.3 Å². The predicted octanol–water partition coefficient (Wildman–Crippen LogP) is 4.96. The van der Waals surface area contributed by atoms with Gasteiger partial charge in [-0.2, -0.15) is 10.4 Å². The molecule has 2 bridgehead atoms. The number of hydrogen-bond donors (Lipinski definition) is 5. The van der Waals surface area contributed by atoms with Gasteiger partial charge in [-0.3, -0.25) is 15.1 Å². The number of halogens is 1. The van der Waals surface area contributed by atoms with Crippen LogP contribution in [0.4, 0.5) is 21.9 Å². The number of carbonyl (C=O) groups excluding carboxylic acids is 2. The number of H-pyrrole nitrogens is 1. The maximum Gasteiger partial charge on any atom is 0.411 e. The molecule has 0 unspecified atom stereocenters. The normalized spacial score (nSPS) is 14.9. The number of benzene rings is 2. The second-order valence-electron chi connectivity index (χ2n) is 9.49. The Kier molecular flexibility index (Phi) is 10.5. The molecule has 14 heteroatoms. The molecular formula is C29H31ClN10O3. The summed E-state index contributed by atoms with van der Waals surface area (Å²) in [5.41, 5.74) is 3.71. The fourth-order valence-corrected chi connectivity index (χ4v) is 4.74. The highest BCUT2D eigenvalue weighted by molar-refractivity contribution is 6.30. The van der Waals surface area contributed by atoms with Crippen LogP contribution in [0.3, 0.4) is 0 Å². The molecule has 4 rings (SSSR count). The van der Waals surface area contributed by atoms with Gasteiger partial charge in [-0.15, -0.1) is 5.10 Å². The van der Waals surface area contributed by atoms with Gasteiger partial charge in [-0.05, 0) is 55.3 Å². The number of fused-ring (bicyclic) bond motifs is 4. The number of hydrogen-bond acceptors (Lipinski definition) is 9. The summed E-state index contributed by atoms with van der Waals surface area (Å²) in [6, 6.07) is 12.0. The average Bonchev–Trinajstić information content (AvgIpc) is 3.43. The molecule has 0 spiro atoms. The first-order valence-electron chi connectivity index (χ1n) is 13.4. The zero-order valence-electron chi connectivity index (χ0n) is 23.4. The molecule has 0 radical (unpaired) electrons. The molecule has 2 aromatic carbocycles. The smallest absolute Gasteiger partial charge is 0.411 e. The summed E-state index contributed by atoms with van der Waals surface area (Å²) >= 11 is 6.19. The van der Waals surface area contributed by atoms with Crippen molar-refractivity contribution in [2.75, 3.05) is 29.3 Å². The van der Waals surface area contributed by atoms with E-state index in [1.54, 1.807) is 42.5 Å². The lowest BCUT2D eigenvalue weighted by Crippen LogP contribution is -2.29. The summed E-state index contributed by atoms with van der Waals surface area (Å²) in [5, 5.41) is 27.8. The lowest BCUT2D eigenvalue weighted by atomic mass is 10.0. The van der Waals surface area contributed by atoms with Crippen molar-refractivity contribution in [3.8, 4) is 17.3 Å². The van der Waals surface area contributed by atoms with E-state index in [0.717, 1.165) is 19.3 Å². The number of aromatic amines is 1. The van der Waals surface area contributed by atoms with Crippen LogP contribution in [0.2, 0.25) is 5.02 Å². The van der Waals surface area contributed by atoms with Crippen LogP contribution in [0.15, 0.2) is 52.7 Å². The van der Waals surface area contributed by atoms with E-state index in [9.17, 15) is 14.9 Å². The summed E-state index contributed by atoms with van der Waals surface area (Å²) in [6.07, 6.45) is 6.84. The molecule has 43 heavy (non-hydrogen) atoms. The van der Waals surface area contributed by atoms with Crippen molar-refractivity contribution < 1.29 is 14.3 Å².